The summed E-state index contributed by atoms with van der Waals surface area (Å²) in [6, 6.07) is 24.6. The van der Waals surface area contributed by atoms with Gasteiger partial charge >= 0.3 is 0 Å². The fraction of sp³-hybridized carbons (Fsp3) is 0. The van der Waals surface area contributed by atoms with E-state index in [0.717, 1.165) is 17.1 Å². The lowest BCUT2D eigenvalue weighted by Crippen LogP contribution is -1.89. The van der Waals surface area contributed by atoms with Gasteiger partial charge in [0.05, 0.1) is 0 Å². The van der Waals surface area contributed by atoms with Crippen molar-refractivity contribution in [3.8, 4) is 22.6 Å². The smallest absolute Gasteiger partial charge is 0.131 e. The summed E-state index contributed by atoms with van der Waals surface area (Å²) in [5.74, 6) is 1.77. The highest BCUT2D eigenvalue weighted by Gasteiger charge is 2.21. The van der Waals surface area contributed by atoms with E-state index in [2.05, 4.69) is 36.8 Å². The zero-order valence-electron chi connectivity index (χ0n) is 10.9. The number of para-hydroxylation sites is 1. The molecule has 0 saturated carbocycles. The van der Waals surface area contributed by atoms with Gasteiger partial charge in [-0.25, -0.2) is 0 Å². The molecular formula is C19H13O. The fourth-order valence-electron chi connectivity index (χ4n) is 2.66. The summed E-state index contributed by atoms with van der Waals surface area (Å²) in [6.07, 6.45) is 2.20. The van der Waals surface area contributed by atoms with E-state index in [1.165, 1.54) is 16.7 Å². The van der Waals surface area contributed by atoms with Crippen molar-refractivity contribution in [2.45, 2.75) is 0 Å². The predicted molar refractivity (Wildman–Crippen MR) is 80.9 cm³/mol. The van der Waals surface area contributed by atoms with Gasteiger partial charge in [0.1, 0.15) is 11.5 Å². The number of hydrogen-bond acceptors (Lipinski definition) is 1. The number of hydrogen-bond donors (Lipinski definition) is 0. The Kier molecular flexibility index (Phi) is 2.56. The molecule has 3 aromatic rings. The van der Waals surface area contributed by atoms with Crippen LogP contribution in [0.15, 0.2) is 72.8 Å². The van der Waals surface area contributed by atoms with Crippen LogP contribution in [0.1, 0.15) is 11.1 Å². The van der Waals surface area contributed by atoms with Gasteiger partial charge in [0.2, 0.25) is 0 Å². The fourth-order valence-corrected chi connectivity index (χ4v) is 2.66. The van der Waals surface area contributed by atoms with Crippen LogP contribution in [0.25, 0.3) is 11.1 Å². The molecule has 20 heavy (non-hydrogen) atoms. The van der Waals surface area contributed by atoms with E-state index in [4.69, 9.17) is 4.74 Å². The number of rotatable bonds is 2. The molecule has 1 heteroatoms. The van der Waals surface area contributed by atoms with E-state index in [1.807, 2.05) is 42.5 Å². The minimum Gasteiger partial charge on any atom is -0.457 e. The van der Waals surface area contributed by atoms with E-state index >= 15 is 0 Å². The quantitative estimate of drug-likeness (QED) is 0.487. The number of ether oxygens (including phenoxy) is 1. The summed E-state index contributed by atoms with van der Waals surface area (Å²) in [4.78, 5) is 0. The Labute approximate surface area is 118 Å². The first-order valence-electron chi connectivity index (χ1n) is 6.72. The molecule has 0 aliphatic heterocycles. The molecule has 0 unspecified atom stereocenters. The molecule has 0 heterocycles. The molecule has 3 aromatic carbocycles. The minimum atomic E-state index is 0.866. The standard InChI is InChI=1S/C19H13O/c1-2-8-15(9-3-1)20-19-12-6-11-17-16-10-5-4-7-14(16)13-18(17)19/h1-13H. The first-order valence-corrected chi connectivity index (χ1v) is 6.72. The van der Waals surface area contributed by atoms with Gasteiger partial charge in [-0.15, -0.1) is 0 Å². The van der Waals surface area contributed by atoms with Gasteiger partial charge < -0.3 is 4.74 Å². The van der Waals surface area contributed by atoms with Crippen molar-refractivity contribution in [3.63, 3.8) is 0 Å². The summed E-state index contributed by atoms with van der Waals surface area (Å²) in [6.45, 7) is 0. The maximum atomic E-state index is 6.02. The van der Waals surface area contributed by atoms with Crippen molar-refractivity contribution < 1.29 is 4.74 Å². The molecule has 0 saturated heterocycles. The predicted octanol–water partition coefficient (Wildman–Crippen LogP) is 5.06. The van der Waals surface area contributed by atoms with Crippen LogP contribution >= 0.6 is 0 Å². The highest BCUT2D eigenvalue weighted by Crippen LogP contribution is 2.43. The summed E-state index contributed by atoms with van der Waals surface area (Å²) in [5.41, 5.74) is 4.94. The van der Waals surface area contributed by atoms with Crippen molar-refractivity contribution in [1.29, 1.82) is 0 Å². The lowest BCUT2D eigenvalue weighted by Gasteiger charge is -2.10. The van der Waals surface area contributed by atoms with Crippen LogP contribution in [0, 0.1) is 6.42 Å². The normalized spacial score (nSPS) is 11.8. The molecule has 0 atom stereocenters. The monoisotopic (exact) mass is 257 g/mol. The second-order valence-corrected chi connectivity index (χ2v) is 4.86. The number of benzene rings is 3. The molecule has 0 aromatic heterocycles. The topological polar surface area (TPSA) is 9.23 Å². The van der Waals surface area contributed by atoms with Crippen LogP contribution in [0.3, 0.4) is 0 Å². The Morgan fingerprint density at radius 2 is 1.35 bits per heavy atom. The van der Waals surface area contributed by atoms with Crippen LogP contribution in [0.2, 0.25) is 0 Å². The Balaban J connectivity index is 1.78. The van der Waals surface area contributed by atoms with E-state index in [1.54, 1.807) is 0 Å². The molecule has 1 nitrogen and oxygen atoms in total. The van der Waals surface area contributed by atoms with Gasteiger partial charge in [0.25, 0.3) is 0 Å². The van der Waals surface area contributed by atoms with Gasteiger partial charge in [0, 0.05) is 12.0 Å². The van der Waals surface area contributed by atoms with Crippen molar-refractivity contribution in [2.24, 2.45) is 0 Å². The molecule has 1 aliphatic rings. The summed E-state index contributed by atoms with van der Waals surface area (Å²) in [5, 5.41) is 0. The van der Waals surface area contributed by atoms with Crippen LogP contribution in [-0.2, 0) is 0 Å². The van der Waals surface area contributed by atoms with Gasteiger partial charge in [-0.2, -0.15) is 0 Å². The summed E-state index contributed by atoms with van der Waals surface area (Å²) < 4.78 is 6.02. The van der Waals surface area contributed by atoms with Gasteiger partial charge in [-0.1, -0.05) is 54.6 Å². The Hall–Kier alpha value is -2.54. The van der Waals surface area contributed by atoms with Crippen molar-refractivity contribution >= 4 is 0 Å². The van der Waals surface area contributed by atoms with Crippen LogP contribution in [0.4, 0.5) is 0 Å². The highest BCUT2D eigenvalue weighted by atomic mass is 16.5. The van der Waals surface area contributed by atoms with E-state index < -0.39 is 0 Å². The molecule has 4 rings (SSSR count). The SMILES string of the molecule is [CH]1c2ccccc2-c2cccc(Oc3ccccc3)c21. The van der Waals surface area contributed by atoms with Crippen molar-refractivity contribution in [3.05, 3.63) is 90.3 Å². The number of fused-ring (bicyclic) bond motifs is 3. The average Bonchev–Trinajstić information content (AvgIpc) is 2.88. The third-order valence-corrected chi connectivity index (χ3v) is 3.59. The van der Waals surface area contributed by atoms with Crippen molar-refractivity contribution in [2.75, 3.05) is 0 Å². The van der Waals surface area contributed by atoms with E-state index in [0.29, 0.717) is 0 Å². The molecule has 0 amide bonds. The zero-order valence-corrected chi connectivity index (χ0v) is 10.9. The van der Waals surface area contributed by atoms with Crippen molar-refractivity contribution in [1.82, 2.24) is 0 Å². The van der Waals surface area contributed by atoms with E-state index in [-0.39, 0.29) is 0 Å². The zero-order chi connectivity index (χ0) is 13.4. The lowest BCUT2D eigenvalue weighted by molar-refractivity contribution is 0.480. The largest absolute Gasteiger partial charge is 0.457 e. The Bertz CT molecular complexity index is 760. The van der Waals surface area contributed by atoms with Crippen LogP contribution in [0.5, 0.6) is 11.5 Å². The van der Waals surface area contributed by atoms with Gasteiger partial charge in [-0.05, 0) is 34.9 Å². The molecular weight excluding hydrogens is 244 g/mol. The Morgan fingerprint density at radius 1 is 0.600 bits per heavy atom. The molecule has 0 bridgehead atoms. The maximum Gasteiger partial charge on any atom is 0.131 e. The third kappa shape index (κ3) is 1.79. The van der Waals surface area contributed by atoms with Crippen LogP contribution < -0.4 is 4.74 Å². The second-order valence-electron chi connectivity index (χ2n) is 4.86. The lowest BCUT2D eigenvalue weighted by atomic mass is 10.1. The third-order valence-electron chi connectivity index (χ3n) is 3.59. The molecule has 0 spiro atoms. The van der Waals surface area contributed by atoms with Crippen LogP contribution in [-0.4, -0.2) is 0 Å². The maximum absolute atomic E-state index is 6.02. The second kappa shape index (κ2) is 4.53. The molecule has 0 N–H and O–H groups in total. The minimum absolute atomic E-state index is 0.866. The first kappa shape index (κ1) is 11.3. The first-order chi connectivity index (χ1) is 9.92. The molecule has 1 aliphatic carbocycles. The summed E-state index contributed by atoms with van der Waals surface area (Å²) in [7, 11) is 0. The Morgan fingerprint density at radius 3 is 2.25 bits per heavy atom. The molecule has 1 radical (unpaired) electrons. The molecule has 95 valence electrons. The van der Waals surface area contributed by atoms with Gasteiger partial charge in [0.15, 0.2) is 0 Å². The molecule has 0 fully saturated rings. The highest BCUT2D eigenvalue weighted by molar-refractivity contribution is 5.83. The average molecular weight is 257 g/mol. The van der Waals surface area contributed by atoms with E-state index in [9.17, 15) is 0 Å². The van der Waals surface area contributed by atoms with Gasteiger partial charge in [-0.3, -0.25) is 0 Å². The summed E-state index contributed by atoms with van der Waals surface area (Å²) >= 11 is 0.